The predicted octanol–water partition coefficient (Wildman–Crippen LogP) is 1.96. The van der Waals surface area contributed by atoms with Crippen molar-refractivity contribution in [3.63, 3.8) is 0 Å². The molecule has 0 spiro atoms. The summed E-state index contributed by atoms with van der Waals surface area (Å²) >= 11 is 1.64. The zero-order valence-electron chi connectivity index (χ0n) is 14.2. The van der Waals surface area contributed by atoms with Crippen LogP contribution in [0.2, 0.25) is 0 Å². The molecule has 0 bridgehead atoms. The number of amides is 1. The van der Waals surface area contributed by atoms with Crippen molar-refractivity contribution >= 4 is 22.4 Å². The maximum atomic E-state index is 12.4. The third-order valence-electron chi connectivity index (χ3n) is 4.45. The minimum absolute atomic E-state index is 0.0233. The number of nitrogens with zero attached hydrogens (tertiary/aromatic N) is 3. The molecule has 0 radical (unpaired) electrons. The van der Waals surface area contributed by atoms with Gasteiger partial charge in [0.2, 0.25) is 11.0 Å². The van der Waals surface area contributed by atoms with E-state index in [2.05, 4.69) is 41.2 Å². The van der Waals surface area contributed by atoms with E-state index in [1.54, 1.807) is 11.3 Å². The first-order chi connectivity index (χ1) is 10.9. The van der Waals surface area contributed by atoms with E-state index in [1.807, 2.05) is 0 Å². The van der Waals surface area contributed by atoms with Gasteiger partial charge in [-0.1, -0.05) is 32.1 Å². The number of hydrogen-bond donors (Lipinski definition) is 1. The fourth-order valence-electron chi connectivity index (χ4n) is 2.96. The van der Waals surface area contributed by atoms with Crippen molar-refractivity contribution < 1.29 is 9.53 Å². The van der Waals surface area contributed by atoms with Gasteiger partial charge in [-0.2, -0.15) is 0 Å². The van der Waals surface area contributed by atoms with E-state index >= 15 is 0 Å². The number of hydrogen-bond acceptors (Lipinski definition) is 6. The second-order valence-corrected chi connectivity index (χ2v) is 8.42. The number of anilines is 1. The number of aromatic nitrogens is 2. The van der Waals surface area contributed by atoms with E-state index < -0.39 is 0 Å². The van der Waals surface area contributed by atoms with Gasteiger partial charge in [-0.15, -0.1) is 10.2 Å². The van der Waals surface area contributed by atoms with Crippen molar-refractivity contribution in [3.8, 4) is 0 Å². The van der Waals surface area contributed by atoms with Gasteiger partial charge in [0.25, 0.3) is 0 Å². The molecule has 1 amide bonds. The van der Waals surface area contributed by atoms with Gasteiger partial charge in [0.1, 0.15) is 5.01 Å². The highest BCUT2D eigenvalue weighted by Gasteiger charge is 2.32. The molecular formula is C16H26N4O2S. The monoisotopic (exact) mass is 338 g/mol. The highest BCUT2D eigenvalue weighted by atomic mass is 32.1. The van der Waals surface area contributed by atoms with Crippen molar-refractivity contribution in [2.45, 2.75) is 51.5 Å². The molecule has 2 aliphatic rings. The van der Waals surface area contributed by atoms with Crippen molar-refractivity contribution in [1.82, 2.24) is 15.5 Å². The summed E-state index contributed by atoms with van der Waals surface area (Å²) in [5, 5.41) is 13.8. The van der Waals surface area contributed by atoms with Crippen LogP contribution in [0.25, 0.3) is 0 Å². The van der Waals surface area contributed by atoms with Crippen LogP contribution in [0.3, 0.4) is 0 Å². The summed E-state index contributed by atoms with van der Waals surface area (Å²) < 4.78 is 5.34. The first-order valence-electron chi connectivity index (χ1n) is 8.40. The summed E-state index contributed by atoms with van der Waals surface area (Å²) in [6.07, 6.45) is 2.74. The molecule has 7 heteroatoms. The highest BCUT2D eigenvalue weighted by Crippen LogP contribution is 2.32. The van der Waals surface area contributed by atoms with Gasteiger partial charge in [0.15, 0.2) is 0 Å². The average molecular weight is 338 g/mol. The molecule has 2 fully saturated rings. The Labute approximate surface area is 141 Å². The van der Waals surface area contributed by atoms with Crippen LogP contribution in [-0.2, 0) is 14.9 Å². The van der Waals surface area contributed by atoms with Gasteiger partial charge >= 0.3 is 0 Å². The van der Waals surface area contributed by atoms with E-state index in [4.69, 9.17) is 4.74 Å². The van der Waals surface area contributed by atoms with Crippen molar-refractivity contribution in [3.05, 3.63) is 5.01 Å². The maximum absolute atomic E-state index is 12.4. The van der Waals surface area contributed by atoms with Crippen LogP contribution >= 0.6 is 11.3 Å². The molecule has 1 aromatic rings. The molecule has 3 rings (SSSR count). The summed E-state index contributed by atoms with van der Waals surface area (Å²) in [7, 11) is 0. The largest absolute Gasteiger partial charge is 0.381 e. The van der Waals surface area contributed by atoms with Crippen molar-refractivity contribution in [2.75, 3.05) is 31.2 Å². The molecule has 2 aliphatic heterocycles. The summed E-state index contributed by atoms with van der Waals surface area (Å²) in [6.45, 7) is 9.56. The van der Waals surface area contributed by atoms with E-state index in [-0.39, 0.29) is 23.3 Å². The molecule has 0 saturated carbocycles. The third-order valence-corrected chi connectivity index (χ3v) is 5.86. The van der Waals surface area contributed by atoms with Gasteiger partial charge < -0.3 is 15.0 Å². The van der Waals surface area contributed by atoms with E-state index in [1.165, 1.54) is 0 Å². The summed E-state index contributed by atoms with van der Waals surface area (Å²) in [4.78, 5) is 14.6. The molecular weight excluding hydrogens is 312 g/mol. The van der Waals surface area contributed by atoms with Gasteiger partial charge in [-0.3, -0.25) is 4.79 Å². The second-order valence-electron chi connectivity index (χ2n) is 7.47. The van der Waals surface area contributed by atoms with Crippen LogP contribution in [-0.4, -0.2) is 48.4 Å². The Balaban J connectivity index is 1.55. The third kappa shape index (κ3) is 4.01. The van der Waals surface area contributed by atoms with E-state index in [9.17, 15) is 4.79 Å². The molecule has 23 heavy (non-hydrogen) atoms. The Morgan fingerprint density at radius 2 is 2.00 bits per heavy atom. The lowest BCUT2D eigenvalue weighted by Gasteiger charge is -2.24. The van der Waals surface area contributed by atoms with Gasteiger partial charge in [0, 0.05) is 37.8 Å². The topological polar surface area (TPSA) is 67.4 Å². The molecule has 1 atom stereocenters. The molecule has 128 valence electrons. The van der Waals surface area contributed by atoms with Crippen LogP contribution in [0, 0.1) is 5.92 Å². The molecule has 1 aromatic heterocycles. The number of carbonyl (C=O) groups is 1. The Hall–Kier alpha value is -1.21. The lowest BCUT2D eigenvalue weighted by atomic mass is 9.98. The summed E-state index contributed by atoms with van der Waals surface area (Å²) in [5.41, 5.74) is 0.0233. The predicted molar refractivity (Wildman–Crippen MR) is 90.9 cm³/mol. The summed E-state index contributed by atoms with van der Waals surface area (Å²) in [5.74, 6) is 0.236. The van der Waals surface area contributed by atoms with Crippen LogP contribution in [0.5, 0.6) is 0 Å². The van der Waals surface area contributed by atoms with E-state index in [0.29, 0.717) is 0 Å². The van der Waals surface area contributed by atoms with Crippen molar-refractivity contribution in [2.24, 2.45) is 5.92 Å². The van der Waals surface area contributed by atoms with Gasteiger partial charge in [-0.25, -0.2) is 0 Å². The molecule has 3 heterocycles. The molecule has 0 aromatic carbocycles. The van der Waals surface area contributed by atoms with Gasteiger partial charge in [0.05, 0.1) is 5.92 Å². The molecule has 1 N–H and O–H groups in total. The average Bonchev–Trinajstić information content (AvgIpc) is 3.17. The minimum Gasteiger partial charge on any atom is -0.381 e. The van der Waals surface area contributed by atoms with Crippen LogP contribution in [0.4, 0.5) is 5.13 Å². The number of rotatable bonds is 3. The summed E-state index contributed by atoms with van der Waals surface area (Å²) in [6, 6.07) is 0.277. The molecule has 0 aliphatic carbocycles. The quantitative estimate of drug-likeness (QED) is 0.912. The molecule has 2 saturated heterocycles. The van der Waals surface area contributed by atoms with Crippen LogP contribution in [0.1, 0.15) is 45.0 Å². The van der Waals surface area contributed by atoms with Gasteiger partial charge in [-0.05, 0) is 19.3 Å². The zero-order chi connectivity index (χ0) is 16.4. The Morgan fingerprint density at radius 3 is 2.65 bits per heavy atom. The highest BCUT2D eigenvalue weighted by molar-refractivity contribution is 7.15. The zero-order valence-corrected chi connectivity index (χ0v) is 15.0. The standard InChI is InChI=1S/C16H26N4O2S/c1-16(2,3)14-18-19-15(23-14)20-7-4-11(10-20)13(21)17-12-5-8-22-9-6-12/h11-12H,4-10H2,1-3H3,(H,17,21). The van der Waals surface area contributed by atoms with Crippen molar-refractivity contribution in [1.29, 1.82) is 0 Å². The lowest BCUT2D eigenvalue weighted by Crippen LogP contribution is -2.42. The molecule has 1 unspecified atom stereocenters. The van der Waals surface area contributed by atoms with Crippen LogP contribution < -0.4 is 10.2 Å². The maximum Gasteiger partial charge on any atom is 0.225 e. The number of carbonyl (C=O) groups excluding carboxylic acids is 1. The Kier molecular flexibility index (Phi) is 4.87. The molecule has 6 nitrogen and oxygen atoms in total. The number of nitrogens with one attached hydrogen (secondary N) is 1. The normalized spacial score (nSPS) is 23.3. The smallest absolute Gasteiger partial charge is 0.225 e. The SMILES string of the molecule is CC(C)(C)c1nnc(N2CCC(C(=O)NC3CCOCC3)C2)s1. The Bertz CT molecular complexity index is 549. The lowest BCUT2D eigenvalue weighted by molar-refractivity contribution is -0.125. The van der Waals surface area contributed by atoms with Crippen LogP contribution in [0.15, 0.2) is 0 Å². The first-order valence-corrected chi connectivity index (χ1v) is 9.22. The minimum atomic E-state index is 0.0233. The second kappa shape index (κ2) is 6.73. The fourth-order valence-corrected chi connectivity index (χ4v) is 3.89. The Morgan fingerprint density at radius 1 is 1.26 bits per heavy atom. The fraction of sp³-hybridized carbons (Fsp3) is 0.812. The first kappa shape index (κ1) is 16.6. The van der Waals surface area contributed by atoms with E-state index in [0.717, 1.165) is 55.7 Å². The number of ether oxygens (including phenoxy) is 1.